The van der Waals surface area contributed by atoms with Crippen LogP contribution in [0, 0.1) is 6.92 Å². The van der Waals surface area contributed by atoms with Gasteiger partial charge in [-0.3, -0.25) is 9.78 Å². The molecule has 4 rings (SSSR count). The Morgan fingerprint density at radius 3 is 2.44 bits per heavy atom. The van der Waals surface area contributed by atoms with Crippen molar-refractivity contribution in [2.45, 2.75) is 26.5 Å². The van der Waals surface area contributed by atoms with Crippen LogP contribution < -0.4 is 15.8 Å². The predicted molar refractivity (Wildman–Crippen MR) is 131 cm³/mol. The highest BCUT2D eigenvalue weighted by atomic mass is 35.5. The fourth-order valence-electron chi connectivity index (χ4n) is 3.48. The molecule has 32 heavy (non-hydrogen) atoms. The Morgan fingerprint density at radius 1 is 1.03 bits per heavy atom. The number of nitrogens with one attached hydrogen (secondary N) is 1. The maximum atomic E-state index is 12.9. The zero-order valence-corrected chi connectivity index (χ0v) is 18.9. The standard InChI is InChI=1S/C26H25N3O2.ClH/c1-3-18-9-12-21(13-10-18)31-26(29-25(30)19-7-5-4-6-8-19)20-11-14-24-22(16-20)23(27)15-17(2)28-24;/h4-16,26H,3H2,1-2H3,(H2,27,28)(H,29,30);1H. The molecule has 1 heterocycles. The number of nitrogens with zero attached hydrogens (tertiary/aromatic N) is 1. The number of fused-ring (bicyclic) bond motifs is 1. The topological polar surface area (TPSA) is 77.2 Å². The highest BCUT2D eigenvalue weighted by Crippen LogP contribution is 2.27. The quantitative estimate of drug-likeness (QED) is 0.376. The van der Waals surface area contributed by atoms with Crippen LogP contribution in [0.2, 0.25) is 0 Å². The lowest BCUT2D eigenvalue weighted by Crippen LogP contribution is -2.32. The van der Waals surface area contributed by atoms with Crippen molar-refractivity contribution in [3.8, 4) is 5.75 Å². The van der Waals surface area contributed by atoms with E-state index in [1.54, 1.807) is 12.1 Å². The number of pyridine rings is 1. The molecule has 1 amide bonds. The van der Waals surface area contributed by atoms with Crippen LogP contribution in [0.3, 0.4) is 0 Å². The van der Waals surface area contributed by atoms with Crippen molar-refractivity contribution in [1.29, 1.82) is 0 Å². The summed E-state index contributed by atoms with van der Waals surface area (Å²) in [6, 6.07) is 24.5. The van der Waals surface area contributed by atoms with E-state index < -0.39 is 6.23 Å². The molecule has 0 aliphatic rings. The van der Waals surface area contributed by atoms with Gasteiger partial charge in [0, 0.05) is 27.9 Å². The predicted octanol–water partition coefficient (Wildman–Crippen LogP) is 5.62. The van der Waals surface area contributed by atoms with Gasteiger partial charge in [0.05, 0.1) is 5.52 Å². The zero-order chi connectivity index (χ0) is 21.8. The molecule has 3 N–H and O–H groups in total. The molecule has 1 aromatic heterocycles. The van der Waals surface area contributed by atoms with Gasteiger partial charge in [0.25, 0.3) is 5.91 Å². The molecule has 4 aromatic rings. The fraction of sp³-hybridized carbons (Fsp3) is 0.154. The Kier molecular flexibility index (Phi) is 7.33. The molecular weight excluding hydrogens is 422 g/mol. The minimum atomic E-state index is -0.690. The Labute approximate surface area is 194 Å². The summed E-state index contributed by atoms with van der Waals surface area (Å²) < 4.78 is 6.21. The number of hydrogen-bond acceptors (Lipinski definition) is 4. The third kappa shape index (κ3) is 5.18. The van der Waals surface area contributed by atoms with E-state index in [1.807, 2.05) is 73.7 Å². The molecule has 0 radical (unpaired) electrons. The fourth-order valence-corrected chi connectivity index (χ4v) is 3.48. The molecule has 6 heteroatoms. The second-order valence-electron chi connectivity index (χ2n) is 7.46. The highest BCUT2D eigenvalue weighted by Gasteiger charge is 2.19. The summed E-state index contributed by atoms with van der Waals surface area (Å²) in [5.74, 6) is 0.455. The van der Waals surface area contributed by atoms with E-state index in [9.17, 15) is 4.79 Å². The maximum absolute atomic E-state index is 12.9. The van der Waals surface area contributed by atoms with E-state index in [0.29, 0.717) is 17.0 Å². The van der Waals surface area contributed by atoms with Crippen LogP contribution in [-0.2, 0) is 6.42 Å². The Hall–Kier alpha value is -3.57. The minimum absolute atomic E-state index is 0. The first-order valence-corrected chi connectivity index (χ1v) is 10.3. The molecule has 0 aliphatic heterocycles. The number of aromatic nitrogens is 1. The van der Waals surface area contributed by atoms with Gasteiger partial charge in [-0.1, -0.05) is 43.3 Å². The van der Waals surface area contributed by atoms with E-state index in [2.05, 4.69) is 17.2 Å². The van der Waals surface area contributed by atoms with Crippen LogP contribution in [0.15, 0.2) is 78.9 Å². The van der Waals surface area contributed by atoms with Crippen LogP contribution >= 0.6 is 12.4 Å². The van der Waals surface area contributed by atoms with Crippen molar-refractivity contribution in [3.05, 3.63) is 101 Å². The van der Waals surface area contributed by atoms with Crippen LogP contribution in [-0.4, -0.2) is 10.9 Å². The van der Waals surface area contributed by atoms with Gasteiger partial charge in [0.2, 0.25) is 0 Å². The molecule has 1 atom stereocenters. The molecule has 0 bridgehead atoms. The van der Waals surface area contributed by atoms with Gasteiger partial charge in [0.1, 0.15) is 5.75 Å². The number of halogens is 1. The van der Waals surface area contributed by atoms with Crippen molar-refractivity contribution in [2.75, 3.05) is 5.73 Å². The SMILES string of the molecule is CCc1ccc(OC(NC(=O)c2ccccc2)c2ccc3nc(C)cc(N)c3c2)cc1.Cl. The minimum Gasteiger partial charge on any atom is -0.466 e. The van der Waals surface area contributed by atoms with E-state index in [0.717, 1.165) is 28.6 Å². The summed E-state index contributed by atoms with van der Waals surface area (Å²) in [6.45, 7) is 4.02. The summed E-state index contributed by atoms with van der Waals surface area (Å²) in [5.41, 5.74) is 11.1. The average Bonchev–Trinajstić information content (AvgIpc) is 2.79. The third-order valence-corrected chi connectivity index (χ3v) is 5.18. The lowest BCUT2D eigenvalue weighted by molar-refractivity contribution is 0.0828. The van der Waals surface area contributed by atoms with Gasteiger partial charge in [-0.2, -0.15) is 0 Å². The number of carbonyl (C=O) groups is 1. The summed E-state index contributed by atoms with van der Waals surface area (Å²) in [6.07, 6.45) is 0.260. The van der Waals surface area contributed by atoms with Crippen molar-refractivity contribution in [3.63, 3.8) is 0 Å². The summed E-state index contributed by atoms with van der Waals surface area (Å²) in [7, 11) is 0. The molecule has 164 valence electrons. The average molecular weight is 448 g/mol. The van der Waals surface area contributed by atoms with Crippen LogP contribution in [0.5, 0.6) is 5.75 Å². The van der Waals surface area contributed by atoms with Gasteiger partial charge < -0.3 is 15.8 Å². The second-order valence-corrected chi connectivity index (χ2v) is 7.46. The number of anilines is 1. The van der Waals surface area contributed by atoms with Gasteiger partial charge >= 0.3 is 0 Å². The van der Waals surface area contributed by atoms with Crippen LogP contribution in [0.4, 0.5) is 5.69 Å². The van der Waals surface area contributed by atoms with E-state index in [-0.39, 0.29) is 18.3 Å². The number of nitrogen functional groups attached to an aromatic ring is 1. The van der Waals surface area contributed by atoms with Gasteiger partial charge in [-0.25, -0.2) is 0 Å². The van der Waals surface area contributed by atoms with E-state index in [1.165, 1.54) is 5.56 Å². The molecule has 1 unspecified atom stereocenters. The van der Waals surface area contributed by atoms with Crippen molar-refractivity contribution in [2.24, 2.45) is 0 Å². The lowest BCUT2D eigenvalue weighted by atomic mass is 10.1. The molecule has 0 spiro atoms. The summed E-state index contributed by atoms with van der Waals surface area (Å²) in [4.78, 5) is 17.4. The Bertz CT molecular complexity index is 1210. The third-order valence-electron chi connectivity index (χ3n) is 5.18. The number of aryl methyl sites for hydroxylation is 2. The molecular formula is C26H26ClN3O2. The summed E-state index contributed by atoms with van der Waals surface area (Å²) in [5, 5.41) is 3.83. The smallest absolute Gasteiger partial charge is 0.254 e. The Morgan fingerprint density at radius 2 is 1.75 bits per heavy atom. The highest BCUT2D eigenvalue weighted by molar-refractivity contribution is 5.94. The summed E-state index contributed by atoms with van der Waals surface area (Å²) >= 11 is 0. The molecule has 3 aromatic carbocycles. The lowest BCUT2D eigenvalue weighted by Gasteiger charge is -2.22. The van der Waals surface area contributed by atoms with Crippen molar-refractivity contribution >= 4 is 34.9 Å². The number of carbonyl (C=O) groups excluding carboxylic acids is 1. The molecule has 5 nitrogen and oxygen atoms in total. The molecule has 0 saturated carbocycles. The zero-order valence-electron chi connectivity index (χ0n) is 18.0. The number of ether oxygens (including phenoxy) is 1. The van der Waals surface area contributed by atoms with Crippen molar-refractivity contribution < 1.29 is 9.53 Å². The Balaban J connectivity index is 0.00000289. The normalized spacial score (nSPS) is 11.4. The molecule has 0 saturated heterocycles. The first-order chi connectivity index (χ1) is 15.0. The van der Waals surface area contributed by atoms with Crippen molar-refractivity contribution in [1.82, 2.24) is 10.3 Å². The van der Waals surface area contributed by atoms with Gasteiger partial charge in [-0.05, 0) is 61.4 Å². The number of benzene rings is 3. The van der Waals surface area contributed by atoms with E-state index in [4.69, 9.17) is 10.5 Å². The van der Waals surface area contributed by atoms with Gasteiger partial charge in [-0.15, -0.1) is 12.4 Å². The first-order valence-electron chi connectivity index (χ1n) is 10.3. The number of nitrogens with two attached hydrogens (primary N) is 1. The van der Waals surface area contributed by atoms with Gasteiger partial charge in [0.15, 0.2) is 6.23 Å². The number of hydrogen-bond donors (Lipinski definition) is 2. The molecule has 0 aliphatic carbocycles. The maximum Gasteiger partial charge on any atom is 0.254 e. The number of amides is 1. The van der Waals surface area contributed by atoms with Crippen LogP contribution in [0.1, 0.15) is 40.3 Å². The number of rotatable bonds is 6. The largest absolute Gasteiger partial charge is 0.466 e. The second kappa shape index (κ2) is 10.2. The first kappa shape index (κ1) is 23.1. The van der Waals surface area contributed by atoms with E-state index >= 15 is 0 Å². The van der Waals surface area contributed by atoms with Crippen LogP contribution in [0.25, 0.3) is 10.9 Å². The molecule has 0 fully saturated rings. The monoisotopic (exact) mass is 447 g/mol.